The van der Waals surface area contributed by atoms with E-state index in [-0.39, 0.29) is 0 Å². The number of halogens is 1. The van der Waals surface area contributed by atoms with Gasteiger partial charge < -0.3 is 0 Å². The summed E-state index contributed by atoms with van der Waals surface area (Å²) < 4.78 is 12.8. The largest absolute Gasteiger partial charge is 0.196 e. The zero-order valence-electron chi connectivity index (χ0n) is 13.5. The van der Waals surface area contributed by atoms with Crippen molar-refractivity contribution in [3.63, 3.8) is 0 Å². The van der Waals surface area contributed by atoms with Crippen molar-refractivity contribution in [1.82, 2.24) is 0 Å². The number of aryl methyl sites for hydroxylation is 1. The Morgan fingerprint density at radius 1 is 1.23 bits per heavy atom. The van der Waals surface area contributed by atoms with Gasteiger partial charge in [-0.2, -0.15) is 9.65 Å². The second-order valence-electron chi connectivity index (χ2n) is 6.45. The number of hydrogen-bond acceptors (Lipinski definition) is 1. The highest BCUT2D eigenvalue weighted by molar-refractivity contribution is 5.25. The van der Waals surface area contributed by atoms with Crippen molar-refractivity contribution < 1.29 is 4.39 Å². The van der Waals surface area contributed by atoms with Crippen molar-refractivity contribution in [3.8, 4) is 6.07 Å². The molecule has 0 amide bonds. The van der Waals surface area contributed by atoms with E-state index in [1.54, 1.807) is 0 Å². The second kappa shape index (κ2) is 8.73. The lowest BCUT2D eigenvalue weighted by Gasteiger charge is -2.28. The lowest BCUT2D eigenvalue weighted by molar-refractivity contribution is 0.311. The Bertz CT molecular complexity index is 516. The lowest BCUT2D eigenvalue weighted by Crippen LogP contribution is -2.13. The SMILES string of the molecule is CCCc1ccc(C2CCC(CC/C=C(\F)C#N)CC2)cc1. The van der Waals surface area contributed by atoms with Crippen LogP contribution in [0.3, 0.4) is 0 Å². The molecule has 0 saturated heterocycles. The Kier molecular flexibility index (Phi) is 6.65. The van der Waals surface area contributed by atoms with Gasteiger partial charge in [0.15, 0.2) is 5.83 Å². The monoisotopic (exact) mass is 299 g/mol. The molecule has 1 aromatic rings. The Balaban J connectivity index is 1.78. The summed E-state index contributed by atoms with van der Waals surface area (Å²) in [5.74, 6) is 0.748. The molecule has 0 bridgehead atoms. The highest BCUT2D eigenvalue weighted by atomic mass is 19.1. The third-order valence-corrected chi connectivity index (χ3v) is 4.84. The molecule has 1 aromatic carbocycles. The molecule has 0 radical (unpaired) electrons. The van der Waals surface area contributed by atoms with Crippen LogP contribution in [0.2, 0.25) is 0 Å². The predicted molar refractivity (Wildman–Crippen MR) is 89.2 cm³/mol. The molecule has 0 heterocycles. The number of allylic oxidation sites excluding steroid dienone is 2. The van der Waals surface area contributed by atoms with Gasteiger partial charge in [-0.25, -0.2) is 0 Å². The van der Waals surface area contributed by atoms with Crippen LogP contribution >= 0.6 is 0 Å². The molecule has 0 aliphatic heterocycles. The molecule has 1 fully saturated rings. The zero-order valence-corrected chi connectivity index (χ0v) is 13.5. The third kappa shape index (κ3) is 4.98. The number of benzene rings is 1. The van der Waals surface area contributed by atoms with Gasteiger partial charge in [0.2, 0.25) is 0 Å². The van der Waals surface area contributed by atoms with Gasteiger partial charge in [-0.15, -0.1) is 0 Å². The highest BCUT2D eigenvalue weighted by Crippen LogP contribution is 2.37. The summed E-state index contributed by atoms with van der Waals surface area (Å²) in [5, 5.41) is 8.39. The van der Waals surface area contributed by atoms with E-state index in [1.165, 1.54) is 61.8 Å². The van der Waals surface area contributed by atoms with Crippen LogP contribution < -0.4 is 0 Å². The highest BCUT2D eigenvalue weighted by Gasteiger charge is 2.21. The fourth-order valence-corrected chi connectivity index (χ4v) is 3.52. The molecule has 0 unspecified atom stereocenters. The number of nitriles is 1. The van der Waals surface area contributed by atoms with E-state index in [1.807, 2.05) is 0 Å². The van der Waals surface area contributed by atoms with Crippen molar-refractivity contribution in [1.29, 1.82) is 5.26 Å². The Morgan fingerprint density at radius 2 is 1.91 bits per heavy atom. The van der Waals surface area contributed by atoms with Crippen molar-refractivity contribution in [2.45, 2.75) is 64.2 Å². The molecule has 1 nitrogen and oxygen atoms in total. The van der Waals surface area contributed by atoms with Crippen molar-refractivity contribution >= 4 is 0 Å². The average Bonchev–Trinajstić information content (AvgIpc) is 2.56. The summed E-state index contributed by atoms with van der Waals surface area (Å²) >= 11 is 0. The van der Waals surface area contributed by atoms with Crippen LogP contribution in [-0.2, 0) is 6.42 Å². The minimum Gasteiger partial charge on any atom is -0.195 e. The van der Waals surface area contributed by atoms with Crippen LogP contribution in [-0.4, -0.2) is 0 Å². The van der Waals surface area contributed by atoms with Crippen LogP contribution in [0.5, 0.6) is 0 Å². The van der Waals surface area contributed by atoms with E-state index in [9.17, 15) is 4.39 Å². The normalized spacial score (nSPS) is 22.3. The van der Waals surface area contributed by atoms with E-state index < -0.39 is 5.83 Å². The fraction of sp³-hybridized carbons (Fsp3) is 0.550. The molecule has 1 aliphatic rings. The van der Waals surface area contributed by atoms with E-state index >= 15 is 0 Å². The van der Waals surface area contributed by atoms with Gasteiger partial charge in [0.05, 0.1) is 0 Å². The first-order valence-electron chi connectivity index (χ1n) is 8.57. The molecule has 22 heavy (non-hydrogen) atoms. The summed E-state index contributed by atoms with van der Waals surface area (Å²) in [7, 11) is 0. The van der Waals surface area contributed by atoms with Gasteiger partial charge in [-0.05, 0) is 74.0 Å². The molecule has 1 aliphatic carbocycles. The van der Waals surface area contributed by atoms with Crippen LogP contribution in [0.1, 0.15) is 68.9 Å². The standard InChI is InChI=1S/C20H26FN/c1-2-4-16-7-11-18(12-8-16)19-13-9-17(10-14-19)5-3-6-20(21)15-22/h6-8,11-12,17,19H,2-5,9-10,13-14H2,1H3/b20-6-. The van der Waals surface area contributed by atoms with Gasteiger partial charge in [0, 0.05) is 0 Å². The molecule has 2 rings (SSSR count). The van der Waals surface area contributed by atoms with E-state index in [4.69, 9.17) is 5.26 Å². The van der Waals surface area contributed by atoms with Crippen molar-refractivity contribution in [2.75, 3.05) is 0 Å². The topological polar surface area (TPSA) is 23.8 Å². The lowest BCUT2D eigenvalue weighted by atomic mass is 9.77. The van der Waals surface area contributed by atoms with Gasteiger partial charge in [0.1, 0.15) is 6.07 Å². The maximum Gasteiger partial charge on any atom is 0.196 e. The molecular formula is C20H26FN. The smallest absolute Gasteiger partial charge is 0.195 e. The van der Waals surface area contributed by atoms with Crippen LogP contribution in [0, 0.1) is 17.2 Å². The van der Waals surface area contributed by atoms with E-state index in [2.05, 4.69) is 31.2 Å². The molecule has 0 aromatic heterocycles. The zero-order chi connectivity index (χ0) is 15.8. The minimum atomic E-state index is -0.638. The Hall–Kier alpha value is -1.62. The first kappa shape index (κ1) is 16.7. The summed E-state index contributed by atoms with van der Waals surface area (Å²) in [6, 6.07) is 10.7. The first-order valence-corrected chi connectivity index (χ1v) is 8.57. The van der Waals surface area contributed by atoms with Crippen LogP contribution in [0.4, 0.5) is 4.39 Å². The predicted octanol–water partition coefficient (Wildman–Crippen LogP) is 6.07. The molecule has 0 spiro atoms. The fourth-order valence-electron chi connectivity index (χ4n) is 3.52. The number of nitrogens with zero attached hydrogens (tertiary/aromatic N) is 1. The van der Waals surface area contributed by atoms with Crippen molar-refractivity contribution in [3.05, 3.63) is 47.3 Å². The third-order valence-electron chi connectivity index (χ3n) is 4.84. The van der Waals surface area contributed by atoms with Crippen LogP contribution in [0.15, 0.2) is 36.2 Å². The molecule has 2 heteroatoms. The molecule has 0 N–H and O–H groups in total. The van der Waals surface area contributed by atoms with Gasteiger partial charge in [-0.1, -0.05) is 37.6 Å². The summed E-state index contributed by atoms with van der Waals surface area (Å²) in [4.78, 5) is 0. The van der Waals surface area contributed by atoms with Gasteiger partial charge in [0.25, 0.3) is 0 Å². The first-order chi connectivity index (χ1) is 10.7. The van der Waals surface area contributed by atoms with E-state index in [0.717, 1.165) is 6.42 Å². The number of rotatable bonds is 6. The minimum absolute atomic E-state index is 0.638. The Labute approximate surface area is 133 Å². The van der Waals surface area contributed by atoms with Gasteiger partial charge in [-0.3, -0.25) is 0 Å². The quantitative estimate of drug-likeness (QED) is 0.585. The second-order valence-corrected chi connectivity index (χ2v) is 6.45. The molecule has 1 saturated carbocycles. The summed E-state index contributed by atoms with van der Waals surface area (Å²) in [5.41, 5.74) is 2.92. The van der Waals surface area contributed by atoms with Crippen LogP contribution in [0.25, 0.3) is 0 Å². The van der Waals surface area contributed by atoms with E-state index in [0.29, 0.717) is 18.3 Å². The van der Waals surface area contributed by atoms with Crippen molar-refractivity contribution in [2.24, 2.45) is 5.92 Å². The van der Waals surface area contributed by atoms with Gasteiger partial charge >= 0.3 is 0 Å². The Morgan fingerprint density at radius 3 is 2.50 bits per heavy atom. The molecule has 0 atom stereocenters. The average molecular weight is 299 g/mol. The maximum atomic E-state index is 12.8. The summed E-state index contributed by atoms with van der Waals surface area (Å²) in [6.07, 6.45) is 10.4. The molecular weight excluding hydrogens is 273 g/mol. The summed E-state index contributed by atoms with van der Waals surface area (Å²) in [6.45, 7) is 2.22. The molecule has 118 valence electrons. The number of hydrogen-bond donors (Lipinski definition) is 0. The maximum absolute atomic E-state index is 12.8.